The summed E-state index contributed by atoms with van der Waals surface area (Å²) in [6.45, 7) is 4.80. The van der Waals surface area contributed by atoms with Gasteiger partial charge in [0.1, 0.15) is 0 Å². The molecule has 0 spiro atoms. The molecule has 144 valence electrons. The van der Waals surface area contributed by atoms with Gasteiger partial charge in [-0.3, -0.25) is 4.98 Å². The highest BCUT2D eigenvalue weighted by atomic mass is 32.1. The average Bonchev–Trinajstić information content (AvgIpc) is 3.14. The maximum absolute atomic E-state index is 5.52. The summed E-state index contributed by atoms with van der Waals surface area (Å²) in [5, 5.41) is 3.40. The van der Waals surface area contributed by atoms with Gasteiger partial charge in [0, 0.05) is 31.3 Å². The zero-order chi connectivity index (χ0) is 18.7. The smallest absolute Gasteiger partial charge is 0.0816 e. The Kier molecular flexibility index (Phi) is 8.20. The summed E-state index contributed by atoms with van der Waals surface area (Å²) in [4.78, 5) is 5.66. The lowest BCUT2D eigenvalue weighted by atomic mass is 10.1. The first-order valence-electron chi connectivity index (χ1n) is 9.16. The van der Waals surface area contributed by atoms with E-state index < -0.39 is 0 Å². The van der Waals surface area contributed by atoms with Crippen LogP contribution in [0.15, 0.2) is 48.7 Å². The number of ether oxygens (including phenoxy) is 3. The summed E-state index contributed by atoms with van der Waals surface area (Å²) >= 11 is 1.78. The Balaban J connectivity index is 1.35. The summed E-state index contributed by atoms with van der Waals surface area (Å²) < 4.78 is 17.0. The number of hydrogen-bond acceptors (Lipinski definition) is 6. The third-order valence-electron chi connectivity index (χ3n) is 4.08. The molecule has 0 aliphatic carbocycles. The van der Waals surface area contributed by atoms with Crippen molar-refractivity contribution in [1.82, 2.24) is 10.3 Å². The molecule has 5 nitrogen and oxygen atoms in total. The monoisotopic (exact) mass is 386 g/mol. The second-order valence-electron chi connectivity index (χ2n) is 6.09. The number of methoxy groups -OCH3 is 1. The van der Waals surface area contributed by atoms with Crippen molar-refractivity contribution in [1.29, 1.82) is 0 Å². The third kappa shape index (κ3) is 6.37. The minimum atomic E-state index is 0.609. The van der Waals surface area contributed by atoms with Crippen molar-refractivity contribution in [3.05, 3.63) is 54.2 Å². The van der Waals surface area contributed by atoms with Gasteiger partial charge in [0.05, 0.1) is 43.3 Å². The van der Waals surface area contributed by atoms with Crippen LogP contribution in [-0.2, 0) is 20.8 Å². The molecule has 3 rings (SSSR count). The number of nitrogens with one attached hydrogen (secondary N) is 1. The molecule has 1 N–H and O–H groups in total. The highest BCUT2D eigenvalue weighted by Gasteiger charge is 2.04. The summed E-state index contributed by atoms with van der Waals surface area (Å²) in [6, 6.07) is 14.9. The van der Waals surface area contributed by atoms with Crippen LogP contribution in [0.1, 0.15) is 5.56 Å². The maximum Gasteiger partial charge on any atom is 0.0816 e. The third-order valence-corrected chi connectivity index (χ3v) is 5.22. The van der Waals surface area contributed by atoms with Crippen LogP contribution in [0.3, 0.4) is 0 Å². The Bertz CT molecular complexity index is 772. The predicted octanol–water partition coefficient (Wildman–Crippen LogP) is 3.73. The van der Waals surface area contributed by atoms with Crippen LogP contribution in [0, 0.1) is 0 Å². The number of fused-ring (bicyclic) bond motifs is 1. The van der Waals surface area contributed by atoms with Crippen molar-refractivity contribution in [2.24, 2.45) is 0 Å². The van der Waals surface area contributed by atoms with Crippen LogP contribution in [0.25, 0.3) is 20.7 Å². The van der Waals surface area contributed by atoms with E-state index in [1.165, 1.54) is 20.7 Å². The number of hydrogen-bond donors (Lipinski definition) is 1. The Morgan fingerprint density at radius 3 is 2.52 bits per heavy atom. The zero-order valence-electron chi connectivity index (χ0n) is 15.6. The number of benzene rings is 1. The maximum atomic E-state index is 5.52. The fourth-order valence-corrected chi connectivity index (χ4v) is 3.66. The van der Waals surface area contributed by atoms with E-state index in [1.54, 1.807) is 18.4 Å². The van der Waals surface area contributed by atoms with Gasteiger partial charge in [-0.2, -0.15) is 0 Å². The quantitative estimate of drug-likeness (QED) is 0.481. The van der Waals surface area contributed by atoms with Gasteiger partial charge in [-0.1, -0.05) is 24.3 Å². The molecule has 0 aliphatic rings. The van der Waals surface area contributed by atoms with Crippen LogP contribution in [-0.4, -0.2) is 51.7 Å². The van der Waals surface area contributed by atoms with Crippen molar-refractivity contribution in [3.8, 4) is 10.4 Å². The van der Waals surface area contributed by atoms with E-state index >= 15 is 0 Å². The molecule has 2 heterocycles. The molecule has 0 saturated heterocycles. The van der Waals surface area contributed by atoms with Crippen molar-refractivity contribution in [2.75, 3.05) is 46.7 Å². The highest BCUT2D eigenvalue weighted by Crippen LogP contribution is 2.32. The molecule has 0 aliphatic heterocycles. The lowest BCUT2D eigenvalue weighted by Crippen LogP contribution is -2.20. The highest BCUT2D eigenvalue weighted by molar-refractivity contribution is 7.22. The number of pyridine rings is 1. The lowest BCUT2D eigenvalue weighted by molar-refractivity contribution is 0.0255. The molecule has 1 aromatic carbocycles. The SMILES string of the molecule is COCCOCCOCCNCc1ccc(-c2cc3ncccc3s2)cc1. The van der Waals surface area contributed by atoms with E-state index in [0.29, 0.717) is 33.0 Å². The largest absolute Gasteiger partial charge is 0.382 e. The summed E-state index contributed by atoms with van der Waals surface area (Å²) in [7, 11) is 1.67. The molecule has 2 aromatic heterocycles. The fourth-order valence-electron chi connectivity index (χ4n) is 2.64. The number of aromatic nitrogens is 1. The molecule has 0 saturated carbocycles. The Morgan fingerprint density at radius 2 is 1.74 bits per heavy atom. The summed E-state index contributed by atoms with van der Waals surface area (Å²) in [6.07, 6.45) is 1.84. The van der Waals surface area contributed by atoms with Gasteiger partial charge in [-0.25, -0.2) is 0 Å². The van der Waals surface area contributed by atoms with E-state index in [4.69, 9.17) is 14.2 Å². The summed E-state index contributed by atoms with van der Waals surface area (Å²) in [5.41, 5.74) is 3.56. The molecule has 27 heavy (non-hydrogen) atoms. The van der Waals surface area contributed by atoms with Crippen LogP contribution < -0.4 is 5.32 Å². The van der Waals surface area contributed by atoms with E-state index in [0.717, 1.165) is 18.6 Å². The minimum absolute atomic E-state index is 0.609. The number of thiophene rings is 1. The normalized spacial score (nSPS) is 11.3. The van der Waals surface area contributed by atoms with Gasteiger partial charge >= 0.3 is 0 Å². The van der Waals surface area contributed by atoms with Crippen LogP contribution in [0.4, 0.5) is 0 Å². The van der Waals surface area contributed by atoms with Gasteiger partial charge in [0.25, 0.3) is 0 Å². The lowest BCUT2D eigenvalue weighted by Gasteiger charge is -2.07. The van der Waals surface area contributed by atoms with Crippen molar-refractivity contribution < 1.29 is 14.2 Å². The van der Waals surface area contributed by atoms with Crippen molar-refractivity contribution in [3.63, 3.8) is 0 Å². The Morgan fingerprint density at radius 1 is 0.963 bits per heavy atom. The average molecular weight is 387 g/mol. The zero-order valence-corrected chi connectivity index (χ0v) is 16.5. The molecule has 3 aromatic rings. The Hall–Kier alpha value is -1.83. The van der Waals surface area contributed by atoms with Gasteiger partial charge in [-0.05, 0) is 29.3 Å². The van der Waals surface area contributed by atoms with E-state index in [1.807, 2.05) is 12.3 Å². The Labute approximate surface area is 164 Å². The molecular formula is C21H26N2O3S. The molecule has 0 bridgehead atoms. The van der Waals surface area contributed by atoms with E-state index in [-0.39, 0.29) is 0 Å². The number of nitrogens with zero attached hydrogens (tertiary/aromatic N) is 1. The first kappa shape index (κ1) is 19.9. The van der Waals surface area contributed by atoms with Crippen molar-refractivity contribution >= 4 is 21.6 Å². The first-order valence-corrected chi connectivity index (χ1v) is 9.97. The number of rotatable bonds is 12. The molecule has 0 amide bonds. The van der Waals surface area contributed by atoms with Gasteiger partial charge in [-0.15, -0.1) is 11.3 Å². The second kappa shape index (κ2) is 11.1. The molecule has 0 radical (unpaired) electrons. The van der Waals surface area contributed by atoms with Gasteiger partial charge in [0.15, 0.2) is 0 Å². The van der Waals surface area contributed by atoms with E-state index in [9.17, 15) is 0 Å². The standard InChI is InChI=1S/C21H26N2O3S/c1-24-11-12-26-14-13-25-10-9-22-16-17-4-6-18(7-5-17)21-15-19-20(27-21)3-2-8-23-19/h2-8,15,22H,9-14,16H2,1H3. The molecule has 0 unspecified atom stereocenters. The van der Waals surface area contributed by atoms with Crippen LogP contribution in [0.2, 0.25) is 0 Å². The van der Waals surface area contributed by atoms with Gasteiger partial charge < -0.3 is 19.5 Å². The van der Waals surface area contributed by atoms with Crippen LogP contribution >= 0.6 is 11.3 Å². The van der Waals surface area contributed by atoms with Gasteiger partial charge in [0.2, 0.25) is 0 Å². The van der Waals surface area contributed by atoms with E-state index in [2.05, 4.69) is 46.7 Å². The molecule has 6 heteroatoms. The minimum Gasteiger partial charge on any atom is -0.382 e. The topological polar surface area (TPSA) is 52.6 Å². The predicted molar refractivity (Wildman–Crippen MR) is 110 cm³/mol. The molecule has 0 atom stereocenters. The molecular weight excluding hydrogens is 360 g/mol. The summed E-state index contributed by atoms with van der Waals surface area (Å²) in [5.74, 6) is 0. The van der Waals surface area contributed by atoms with Crippen LogP contribution in [0.5, 0.6) is 0 Å². The fraction of sp³-hybridized carbons (Fsp3) is 0.381. The van der Waals surface area contributed by atoms with Crippen molar-refractivity contribution in [2.45, 2.75) is 6.54 Å². The first-order chi connectivity index (χ1) is 13.4. The second-order valence-corrected chi connectivity index (χ2v) is 7.17. The molecule has 0 fully saturated rings.